The molecule has 3 heteroatoms. The maximum Gasteiger partial charge on any atom is 0.122 e. The molecule has 3 nitrogen and oxygen atoms in total. The number of benzene rings is 2. The normalized spacial score (nSPS) is 12.0. The fraction of sp³-hybridized carbons (Fsp3) is 0.455. The van der Waals surface area contributed by atoms with Crippen molar-refractivity contribution < 1.29 is 9.47 Å². The van der Waals surface area contributed by atoms with E-state index in [0.29, 0.717) is 18.4 Å². The molecule has 0 aliphatic rings. The summed E-state index contributed by atoms with van der Waals surface area (Å²) in [6.45, 7) is 10.9. The van der Waals surface area contributed by atoms with E-state index in [1.807, 2.05) is 24.3 Å². The molecule has 0 saturated carbocycles. The monoisotopic (exact) mass is 341 g/mol. The minimum atomic E-state index is 0.513. The Labute approximate surface area is 152 Å². The molecule has 0 saturated heterocycles. The van der Waals surface area contributed by atoms with Crippen LogP contribution in [0.2, 0.25) is 0 Å². The highest BCUT2D eigenvalue weighted by Gasteiger charge is 2.09. The molecule has 0 aromatic heterocycles. The predicted molar refractivity (Wildman–Crippen MR) is 106 cm³/mol. The number of anilines is 1. The van der Waals surface area contributed by atoms with Gasteiger partial charge in [0, 0.05) is 18.3 Å². The van der Waals surface area contributed by atoms with Gasteiger partial charge in [-0.25, -0.2) is 0 Å². The average molecular weight is 341 g/mol. The predicted octanol–water partition coefficient (Wildman–Crippen LogP) is 5.73. The summed E-state index contributed by atoms with van der Waals surface area (Å²) in [4.78, 5) is 0. The molecule has 1 atom stereocenters. The fourth-order valence-corrected chi connectivity index (χ4v) is 2.55. The Kier molecular flexibility index (Phi) is 7.65. The van der Waals surface area contributed by atoms with Crippen molar-refractivity contribution in [1.82, 2.24) is 0 Å². The Balaban J connectivity index is 1.83. The minimum Gasteiger partial charge on any atom is -0.493 e. The van der Waals surface area contributed by atoms with E-state index in [2.05, 4.69) is 57.3 Å². The van der Waals surface area contributed by atoms with E-state index in [0.717, 1.165) is 36.8 Å². The van der Waals surface area contributed by atoms with E-state index in [-0.39, 0.29) is 0 Å². The van der Waals surface area contributed by atoms with Crippen molar-refractivity contribution in [3.05, 3.63) is 54.1 Å². The molecule has 0 amide bonds. The summed E-state index contributed by atoms with van der Waals surface area (Å²) in [7, 11) is 0. The van der Waals surface area contributed by atoms with Crippen molar-refractivity contribution in [1.29, 1.82) is 0 Å². The summed E-state index contributed by atoms with van der Waals surface area (Å²) >= 11 is 0. The van der Waals surface area contributed by atoms with Crippen LogP contribution in [0.3, 0.4) is 0 Å². The molecule has 136 valence electrons. The Morgan fingerprint density at radius 1 is 0.960 bits per heavy atom. The Hall–Kier alpha value is -2.16. The van der Waals surface area contributed by atoms with Crippen molar-refractivity contribution in [2.75, 3.05) is 25.1 Å². The Bertz CT molecular complexity index is 639. The summed E-state index contributed by atoms with van der Waals surface area (Å²) in [5.41, 5.74) is 2.34. The molecule has 0 heterocycles. The van der Waals surface area contributed by atoms with E-state index in [4.69, 9.17) is 9.47 Å². The highest BCUT2D eigenvalue weighted by atomic mass is 16.5. The topological polar surface area (TPSA) is 30.5 Å². The van der Waals surface area contributed by atoms with Gasteiger partial charge in [0.2, 0.25) is 0 Å². The molecule has 1 N–H and O–H groups in total. The van der Waals surface area contributed by atoms with Crippen LogP contribution in [0.15, 0.2) is 48.5 Å². The third kappa shape index (κ3) is 6.33. The standard InChI is InChI=1S/C22H31NO2/c1-5-18(4)21-11-6-7-12-22(21)24-14-13-23-19-9-8-10-20(15-19)25-16-17(2)3/h6-12,15,17-18,23H,5,13-14,16H2,1-4H3. The highest BCUT2D eigenvalue weighted by molar-refractivity contribution is 5.48. The van der Waals surface area contributed by atoms with Crippen LogP contribution in [-0.4, -0.2) is 19.8 Å². The molecule has 2 rings (SSSR count). The van der Waals surface area contributed by atoms with Crippen molar-refractivity contribution in [3.8, 4) is 11.5 Å². The summed E-state index contributed by atoms with van der Waals surface area (Å²) in [5, 5.41) is 3.40. The Morgan fingerprint density at radius 3 is 2.52 bits per heavy atom. The number of para-hydroxylation sites is 1. The molecule has 0 bridgehead atoms. The first-order chi connectivity index (χ1) is 12.1. The second kappa shape index (κ2) is 9.97. The molecule has 2 aromatic carbocycles. The molecule has 0 fully saturated rings. The first-order valence-corrected chi connectivity index (χ1v) is 9.28. The van der Waals surface area contributed by atoms with Gasteiger partial charge in [-0.2, -0.15) is 0 Å². The number of ether oxygens (including phenoxy) is 2. The summed E-state index contributed by atoms with van der Waals surface area (Å²) in [5.74, 6) is 2.93. The van der Waals surface area contributed by atoms with Crippen LogP contribution < -0.4 is 14.8 Å². The number of hydrogen-bond donors (Lipinski definition) is 1. The molecule has 25 heavy (non-hydrogen) atoms. The summed E-state index contributed by atoms with van der Waals surface area (Å²) in [6.07, 6.45) is 1.11. The van der Waals surface area contributed by atoms with Crippen molar-refractivity contribution >= 4 is 5.69 Å². The van der Waals surface area contributed by atoms with Gasteiger partial charge >= 0.3 is 0 Å². The number of rotatable bonds is 10. The van der Waals surface area contributed by atoms with Gasteiger partial charge in [-0.15, -0.1) is 0 Å². The maximum absolute atomic E-state index is 6.00. The highest BCUT2D eigenvalue weighted by Crippen LogP contribution is 2.28. The van der Waals surface area contributed by atoms with E-state index in [1.54, 1.807) is 0 Å². The largest absolute Gasteiger partial charge is 0.493 e. The second-order valence-electron chi connectivity index (χ2n) is 6.86. The first-order valence-electron chi connectivity index (χ1n) is 9.28. The SMILES string of the molecule is CCC(C)c1ccccc1OCCNc1cccc(OCC(C)C)c1. The van der Waals surface area contributed by atoms with Crippen LogP contribution in [0.4, 0.5) is 5.69 Å². The lowest BCUT2D eigenvalue weighted by Crippen LogP contribution is -2.12. The molecule has 0 spiro atoms. The van der Waals surface area contributed by atoms with E-state index in [9.17, 15) is 0 Å². The lowest BCUT2D eigenvalue weighted by Gasteiger charge is -2.16. The smallest absolute Gasteiger partial charge is 0.122 e. The van der Waals surface area contributed by atoms with Crippen LogP contribution in [0.25, 0.3) is 0 Å². The van der Waals surface area contributed by atoms with Gasteiger partial charge in [-0.3, -0.25) is 0 Å². The van der Waals surface area contributed by atoms with Crippen LogP contribution in [-0.2, 0) is 0 Å². The first kappa shape index (κ1) is 19.2. The van der Waals surface area contributed by atoms with Crippen LogP contribution in [0, 0.1) is 5.92 Å². The van der Waals surface area contributed by atoms with Crippen molar-refractivity contribution in [3.63, 3.8) is 0 Å². The van der Waals surface area contributed by atoms with Gasteiger partial charge < -0.3 is 14.8 Å². The quantitative estimate of drug-likeness (QED) is 0.560. The van der Waals surface area contributed by atoms with Crippen LogP contribution in [0.5, 0.6) is 11.5 Å². The van der Waals surface area contributed by atoms with E-state index >= 15 is 0 Å². The number of nitrogens with one attached hydrogen (secondary N) is 1. The Morgan fingerprint density at radius 2 is 1.76 bits per heavy atom. The van der Waals surface area contributed by atoms with Gasteiger partial charge in [0.1, 0.15) is 18.1 Å². The lowest BCUT2D eigenvalue weighted by atomic mass is 9.98. The fourth-order valence-electron chi connectivity index (χ4n) is 2.55. The van der Waals surface area contributed by atoms with Gasteiger partial charge in [-0.05, 0) is 42.0 Å². The molecular formula is C22H31NO2. The third-order valence-electron chi connectivity index (χ3n) is 4.17. The minimum absolute atomic E-state index is 0.513. The van der Waals surface area contributed by atoms with Crippen LogP contribution >= 0.6 is 0 Å². The molecule has 0 radical (unpaired) electrons. The zero-order chi connectivity index (χ0) is 18.1. The average Bonchev–Trinajstić information content (AvgIpc) is 2.63. The summed E-state index contributed by atoms with van der Waals surface area (Å²) in [6, 6.07) is 16.4. The lowest BCUT2D eigenvalue weighted by molar-refractivity contribution is 0.271. The molecule has 0 aliphatic heterocycles. The second-order valence-corrected chi connectivity index (χ2v) is 6.86. The van der Waals surface area contributed by atoms with Crippen molar-refractivity contribution in [2.45, 2.75) is 40.0 Å². The molecular weight excluding hydrogens is 310 g/mol. The molecule has 1 unspecified atom stereocenters. The van der Waals surface area contributed by atoms with Gasteiger partial charge in [0.05, 0.1) is 6.61 Å². The zero-order valence-electron chi connectivity index (χ0n) is 15.9. The maximum atomic E-state index is 6.00. The van der Waals surface area contributed by atoms with E-state index in [1.165, 1.54) is 5.56 Å². The van der Waals surface area contributed by atoms with Crippen molar-refractivity contribution in [2.24, 2.45) is 5.92 Å². The van der Waals surface area contributed by atoms with Gasteiger partial charge in [-0.1, -0.05) is 52.0 Å². The van der Waals surface area contributed by atoms with Gasteiger partial charge in [0.25, 0.3) is 0 Å². The van der Waals surface area contributed by atoms with Crippen LogP contribution in [0.1, 0.15) is 45.6 Å². The number of hydrogen-bond acceptors (Lipinski definition) is 3. The molecule has 2 aromatic rings. The summed E-state index contributed by atoms with van der Waals surface area (Å²) < 4.78 is 11.8. The molecule has 0 aliphatic carbocycles. The van der Waals surface area contributed by atoms with E-state index < -0.39 is 0 Å². The van der Waals surface area contributed by atoms with Gasteiger partial charge in [0.15, 0.2) is 0 Å². The zero-order valence-corrected chi connectivity index (χ0v) is 15.9. The third-order valence-corrected chi connectivity index (χ3v) is 4.17.